The molecule has 27 heavy (non-hydrogen) atoms. The van der Waals surface area contributed by atoms with Crippen molar-refractivity contribution in [2.45, 2.75) is 18.1 Å². The van der Waals surface area contributed by atoms with Crippen LogP contribution in [0.1, 0.15) is 11.1 Å². The Hall–Kier alpha value is -1.42. The number of thiophene rings is 1. The molecular weight excluding hydrogens is 452 g/mol. The van der Waals surface area contributed by atoms with Crippen LogP contribution in [0.15, 0.2) is 38.3 Å². The molecule has 1 aromatic carbocycles. The Morgan fingerprint density at radius 2 is 1.85 bits per heavy atom. The minimum absolute atomic E-state index is 0.0467. The van der Waals surface area contributed by atoms with Gasteiger partial charge in [-0.15, -0.1) is 11.3 Å². The van der Waals surface area contributed by atoms with Crippen LogP contribution in [-0.2, 0) is 14.8 Å². The van der Waals surface area contributed by atoms with Crippen LogP contribution in [-0.4, -0.2) is 56.3 Å². The van der Waals surface area contributed by atoms with Gasteiger partial charge in [0.2, 0.25) is 0 Å². The maximum atomic E-state index is 12.6. The van der Waals surface area contributed by atoms with Crippen molar-refractivity contribution in [3.05, 3.63) is 45.2 Å². The first kappa shape index (κ1) is 20.3. The molecule has 2 aromatic rings. The number of carbonyl (C=O) groups is 1. The van der Waals surface area contributed by atoms with E-state index in [1.807, 2.05) is 32.0 Å². The minimum atomic E-state index is -3.50. The summed E-state index contributed by atoms with van der Waals surface area (Å²) >= 11 is 4.48. The Balaban J connectivity index is 1.55. The summed E-state index contributed by atoms with van der Waals surface area (Å²) in [4.78, 5) is 14.1. The largest absolute Gasteiger partial charge is 0.483 e. The molecule has 2 heterocycles. The zero-order valence-corrected chi connectivity index (χ0v) is 18.4. The topological polar surface area (TPSA) is 66.9 Å². The maximum Gasteiger partial charge on any atom is 0.260 e. The van der Waals surface area contributed by atoms with Crippen molar-refractivity contribution in [3.63, 3.8) is 0 Å². The Morgan fingerprint density at radius 3 is 2.48 bits per heavy atom. The highest BCUT2D eigenvalue weighted by Gasteiger charge is 2.31. The molecule has 1 saturated heterocycles. The van der Waals surface area contributed by atoms with Gasteiger partial charge < -0.3 is 9.64 Å². The lowest BCUT2D eigenvalue weighted by Gasteiger charge is -2.33. The first-order chi connectivity index (χ1) is 12.8. The Bertz CT molecular complexity index is 935. The van der Waals surface area contributed by atoms with Crippen LogP contribution in [0.4, 0.5) is 0 Å². The fraction of sp³-hybridized carbons (Fsp3) is 0.389. The van der Waals surface area contributed by atoms with Gasteiger partial charge in [0.15, 0.2) is 6.61 Å². The second kappa shape index (κ2) is 8.30. The predicted molar refractivity (Wildman–Crippen MR) is 109 cm³/mol. The number of aryl methyl sites for hydroxylation is 2. The van der Waals surface area contributed by atoms with Gasteiger partial charge in [-0.2, -0.15) is 4.31 Å². The Kier molecular flexibility index (Phi) is 6.25. The summed E-state index contributed by atoms with van der Waals surface area (Å²) in [5, 5.41) is 0. The van der Waals surface area contributed by atoms with Gasteiger partial charge in [0.05, 0.1) is 3.79 Å². The van der Waals surface area contributed by atoms with Crippen molar-refractivity contribution in [1.82, 2.24) is 9.21 Å². The smallest absolute Gasteiger partial charge is 0.260 e. The highest BCUT2D eigenvalue weighted by atomic mass is 79.9. The molecule has 1 amide bonds. The van der Waals surface area contributed by atoms with Crippen LogP contribution in [0.2, 0.25) is 0 Å². The molecular formula is C18H21BrN2O4S2. The van der Waals surface area contributed by atoms with E-state index in [2.05, 4.69) is 15.9 Å². The van der Waals surface area contributed by atoms with Crippen LogP contribution in [0.3, 0.4) is 0 Å². The molecule has 1 aliphatic rings. The minimum Gasteiger partial charge on any atom is -0.483 e. The average Bonchev–Trinajstić information content (AvgIpc) is 3.09. The molecule has 1 fully saturated rings. The quantitative estimate of drug-likeness (QED) is 0.670. The zero-order chi connectivity index (χ0) is 19.6. The number of amides is 1. The zero-order valence-electron chi connectivity index (χ0n) is 15.1. The molecule has 0 N–H and O–H groups in total. The van der Waals surface area contributed by atoms with Gasteiger partial charge in [-0.1, -0.05) is 12.1 Å². The number of ether oxygens (including phenoxy) is 1. The summed E-state index contributed by atoms with van der Waals surface area (Å²) in [6.07, 6.45) is 0. The van der Waals surface area contributed by atoms with E-state index in [9.17, 15) is 13.2 Å². The second-order valence-corrected chi connectivity index (χ2v) is 11.0. The van der Waals surface area contributed by atoms with E-state index in [0.717, 1.165) is 14.9 Å². The first-order valence-corrected chi connectivity index (χ1v) is 11.6. The Morgan fingerprint density at radius 1 is 1.15 bits per heavy atom. The SMILES string of the molecule is Cc1ccc(C)c(OCC(=O)N2CCN(S(=O)(=O)c3ccc(Br)s3)CC2)c1. The first-order valence-electron chi connectivity index (χ1n) is 8.50. The summed E-state index contributed by atoms with van der Waals surface area (Å²) in [6, 6.07) is 9.19. The monoisotopic (exact) mass is 472 g/mol. The lowest BCUT2D eigenvalue weighted by atomic mass is 10.1. The molecule has 146 valence electrons. The van der Waals surface area contributed by atoms with Crippen molar-refractivity contribution in [3.8, 4) is 5.75 Å². The second-order valence-electron chi connectivity index (χ2n) is 6.40. The molecule has 0 unspecified atom stereocenters. The summed E-state index contributed by atoms with van der Waals surface area (Å²) < 4.78 is 33.5. The third-order valence-corrected chi connectivity index (χ3v) is 8.42. The predicted octanol–water partition coefficient (Wildman–Crippen LogP) is 3.04. The number of piperazine rings is 1. The molecule has 0 aliphatic carbocycles. The Labute approximate surface area is 171 Å². The number of benzene rings is 1. The van der Waals surface area contributed by atoms with Gasteiger partial charge in [0, 0.05) is 26.2 Å². The third-order valence-electron chi connectivity index (χ3n) is 4.43. The van der Waals surface area contributed by atoms with Crippen molar-refractivity contribution >= 4 is 43.2 Å². The summed E-state index contributed by atoms with van der Waals surface area (Å²) in [7, 11) is -3.50. The van der Waals surface area contributed by atoms with Gasteiger partial charge in [0.1, 0.15) is 9.96 Å². The van der Waals surface area contributed by atoms with E-state index < -0.39 is 10.0 Å². The van der Waals surface area contributed by atoms with E-state index in [1.165, 1.54) is 15.6 Å². The number of sulfonamides is 1. The molecule has 1 aliphatic heterocycles. The fourth-order valence-corrected chi connectivity index (χ4v) is 6.42. The summed E-state index contributed by atoms with van der Waals surface area (Å²) in [5.41, 5.74) is 2.05. The van der Waals surface area contributed by atoms with E-state index in [-0.39, 0.29) is 25.6 Å². The number of hydrogen-bond acceptors (Lipinski definition) is 5. The average molecular weight is 473 g/mol. The van der Waals surface area contributed by atoms with Crippen LogP contribution in [0, 0.1) is 13.8 Å². The number of nitrogens with zero attached hydrogens (tertiary/aromatic N) is 2. The van der Waals surface area contributed by atoms with Gasteiger partial charge in [-0.3, -0.25) is 4.79 Å². The van der Waals surface area contributed by atoms with Gasteiger partial charge in [0.25, 0.3) is 15.9 Å². The molecule has 0 bridgehead atoms. The number of hydrogen-bond donors (Lipinski definition) is 0. The van der Waals surface area contributed by atoms with Crippen molar-refractivity contribution < 1.29 is 17.9 Å². The van der Waals surface area contributed by atoms with Crippen LogP contribution < -0.4 is 4.74 Å². The lowest BCUT2D eigenvalue weighted by Crippen LogP contribution is -2.51. The lowest BCUT2D eigenvalue weighted by molar-refractivity contribution is -0.134. The van der Waals surface area contributed by atoms with Gasteiger partial charge >= 0.3 is 0 Å². The van der Waals surface area contributed by atoms with E-state index in [4.69, 9.17) is 4.74 Å². The number of carbonyl (C=O) groups excluding carboxylic acids is 1. The molecule has 3 rings (SSSR count). The van der Waals surface area contributed by atoms with Crippen LogP contribution in [0.5, 0.6) is 5.75 Å². The van der Waals surface area contributed by atoms with Crippen LogP contribution in [0.25, 0.3) is 0 Å². The fourth-order valence-electron chi connectivity index (χ4n) is 2.84. The number of rotatable bonds is 5. The van der Waals surface area contributed by atoms with Gasteiger partial charge in [-0.05, 0) is 59.1 Å². The molecule has 0 saturated carbocycles. The molecule has 0 radical (unpaired) electrons. The molecule has 9 heteroatoms. The van der Waals surface area contributed by atoms with Gasteiger partial charge in [-0.25, -0.2) is 8.42 Å². The molecule has 6 nitrogen and oxygen atoms in total. The molecule has 1 aromatic heterocycles. The summed E-state index contributed by atoms with van der Waals surface area (Å²) in [6.45, 7) is 5.16. The van der Waals surface area contributed by atoms with Crippen LogP contribution >= 0.6 is 27.3 Å². The highest BCUT2D eigenvalue weighted by molar-refractivity contribution is 9.11. The maximum absolute atomic E-state index is 12.6. The highest BCUT2D eigenvalue weighted by Crippen LogP contribution is 2.29. The third kappa shape index (κ3) is 4.71. The molecule has 0 atom stereocenters. The number of halogens is 1. The summed E-state index contributed by atoms with van der Waals surface area (Å²) in [5.74, 6) is 0.569. The van der Waals surface area contributed by atoms with Crippen molar-refractivity contribution in [2.24, 2.45) is 0 Å². The standard InChI is InChI=1S/C18H21BrN2O4S2/c1-13-3-4-14(2)15(11-13)25-12-17(22)20-7-9-21(10-8-20)27(23,24)18-6-5-16(19)26-18/h3-6,11H,7-10,12H2,1-2H3. The normalized spacial score (nSPS) is 15.7. The van der Waals surface area contributed by atoms with Crippen molar-refractivity contribution in [2.75, 3.05) is 32.8 Å². The van der Waals surface area contributed by atoms with E-state index in [1.54, 1.807) is 17.0 Å². The van der Waals surface area contributed by atoms with E-state index in [0.29, 0.717) is 23.0 Å². The van der Waals surface area contributed by atoms with Crippen molar-refractivity contribution in [1.29, 1.82) is 0 Å². The molecule has 0 spiro atoms. The van der Waals surface area contributed by atoms with E-state index >= 15 is 0 Å².